The molecule has 4 heteroatoms. The molecule has 3 saturated heterocycles. The van der Waals surface area contributed by atoms with Crippen molar-refractivity contribution in [3.05, 3.63) is 59.7 Å². The second-order valence-corrected chi connectivity index (χ2v) is 8.06. The normalized spacial score (nSPS) is 27.0. The molecule has 4 aliphatic heterocycles. The predicted molar refractivity (Wildman–Crippen MR) is 105 cm³/mol. The van der Waals surface area contributed by atoms with Crippen LogP contribution in [0.4, 0.5) is 0 Å². The summed E-state index contributed by atoms with van der Waals surface area (Å²) in [6.45, 7) is 3.00. The molecule has 3 fully saturated rings. The summed E-state index contributed by atoms with van der Waals surface area (Å²) in [6.07, 6.45) is 2.16. The Morgan fingerprint density at radius 1 is 0.852 bits per heavy atom. The number of carbonyl (C=O) groups is 2. The van der Waals surface area contributed by atoms with Gasteiger partial charge in [-0.2, -0.15) is 0 Å². The van der Waals surface area contributed by atoms with Crippen LogP contribution in [0.5, 0.6) is 0 Å². The summed E-state index contributed by atoms with van der Waals surface area (Å²) >= 11 is 0. The van der Waals surface area contributed by atoms with Crippen LogP contribution in [-0.4, -0.2) is 47.3 Å². The molecule has 0 radical (unpaired) electrons. The summed E-state index contributed by atoms with van der Waals surface area (Å²) in [5.41, 5.74) is 1.37. The molecule has 4 nitrogen and oxygen atoms in total. The SMILES string of the molecule is O=C1c2cccc3cc4ccccc4c(c23)C(=O)N1C1CN2CCC1CC2. The average molecular weight is 356 g/mol. The maximum absolute atomic E-state index is 13.7. The number of carbonyl (C=O) groups excluding carboxylic acids is 2. The van der Waals surface area contributed by atoms with Crippen LogP contribution in [0, 0.1) is 5.92 Å². The first kappa shape index (κ1) is 15.3. The number of amides is 2. The van der Waals surface area contributed by atoms with Gasteiger partial charge in [0.15, 0.2) is 0 Å². The van der Waals surface area contributed by atoms with E-state index in [1.54, 1.807) is 4.90 Å². The topological polar surface area (TPSA) is 40.6 Å². The number of rotatable bonds is 1. The Kier molecular flexibility index (Phi) is 3.07. The lowest BCUT2D eigenvalue weighted by Gasteiger charge is -2.49. The summed E-state index contributed by atoms with van der Waals surface area (Å²) < 4.78 is 0. The van der Waals surface area contributed by atoms with Crippen LogP contribution in [-0.2, 0) is 0 Å². The highest BCUT2D eigenvalue weighted by Gasteiger charge is 2.45. The molecule has 4 aliphatic rings. The second-order valence-electron chi connectivity index (χ2n) is 8.06. The van der Waals surface area contributed by atoms with E-state index in [9.17, 15) is 9.59 Å². The monoisotopic (exact) mass is 356 g/mol. The van der Waals surface area contributed by atoms with E-state index in [0.29, 0.717) is 17.0 Å². The first-order chi connectivity index (χ1) is 13.2. The van der Waals surface area contributed by atoms with Gasteiger partial charge in [-0.1, -0.05) is 36.4 Å². The third kappa shape index (κ3) is 2.02. The quantitative estimate of drug-likeness (QED) is 0.493. The van der Waals surface area contributed by atoms with E-state index in [0.717, 1.165) is 54.0 Å². The van der Waals surface area contributed by atoms with Crippen molar-refractivity contribution in [2.24, 2.45) is 5.92 Å². The Balaban J connectivity index is 1.62. The van der Waals surface area contributed by atoms with Crippen molar-refractivity contribution in [2.45, 2.75) is 18.9 Å². The average Bonchev–Trinajstić information content (AvgIpc) is 2.72. The summed E-state index contributed by atoms with van der Waals surface area (Å²) in [6, 6.07) is 15.9. The highest BCUT2D eigenvalue weighted by Crippen LogP contribution is 2.39. The van der Waals surface area contributed by atoms with Gasteiger partial charge in [0.1, 0.15) is 0 Å². The van der Waals surface area contributed by atoms with Crippen LogP contribution in [0.25, 0.3) is 21.5 Å². The molecule has 27 heavy (non-hydrogen) atoms. The van der Waals surface area contributed by atoms with Crippen LogP contribution >= 0.6 is 0 Å². The summed E-state index contributed by atoms with van der Waals surface area (Å²) in [7, 11) is 0. The second kappa shape index (κ2) is 5.40. The third-order valence-corrected chi connectivity index (χ3v) is 6.72. The van der Waals surface area contributed by atoms with E-state index >= 15 is 0 Å². The van der Waals surface area contributed by atoms with Crippen molar-refractivity contribution in [1.82, 2.24) is 9.80 Å². The van der Waals surface area contributed by atoms with Crippen LogP contribution < -0.4 is 0 Å². The first-order valence-electron chi connectivity index (χ1n) is 9.77. The van der Waals surface area contributed by atoms with Crippen molar-refractivity contribution < 1.29 is 9.59 Å². The van der Waals surface area contributed by atoms with Crippen LogP contribution in [0.2, 0.25) is 0 Å². The van der Waals surface area contributed by atoms with Gasteiger partial charge in [-0.05, 0) is 60.1 Å². The summed E-state index contributed by atoms with van der Waals surface area (Å²) in [5, 5.41) is 3.79. The minimum atomic E-state index is -0.118. The Morgan fingerprint density at radius 2 is 1.63 bits per heavy atom. The fourth-order valence-corrected chi connectivity index (χ4v) is 5.39. The van der Waals surface area contributed by atoms with E-state index < -0.39 is 0 Å². The Labute approximate surface area is 157 Å². The van der Waals surface area contributed by atoms with E-state index in [1.807, 2.05) is 42.5 Å². The van der Waals surface area contributed by atoms with Gasteiger partial charge >= 0.3 is 0 Å². The molecule has 0 N–H and O–H groups in total. The standard InChI is InChI=1S/C23H20N2O2/c26-22-18-7-3-5-16-12-15-4-1-2-6-17(15)21(20(16)18)23(27)25(22)19-13-24-10-8-14(19)9-11-24/h1-7,12,14,19H,8-11,13H2. The molecule has 2 bridgehead atoms. The third-order valence-electron chi connectivity index (χ3n) is 6.72. The lowest BCUT2D eigenvalue weighted by molar-refractivity contribution is 0.00891. The zero-order valence-corrected chi connectivity index (χ0v) is 15.0. The van der Waals surface area contributed by atoms with Crippen LogP contribution in [0.15, 0.2) is 48.5 Å². The minimum Gasteiger partial charge on any atom is -0.301 e. The zero-order chi connectivity index (χ0) is 18.1. The molecule has 3 aromatic carbocycles. The Hall–Kier alpha value is -2.72. The summed E-state index contributed by atoms with van der Waals surface area (Å²) in [4.78, 5) is 31.1. The highest BCUT2D eigenvalue weighted by atomic mass is 16.2. The van der Waals surface area contributed by atoms with E-state index in [2.05, 4.69) is 11.0 Å². The van der Waals surface area contributed by atoms with Crippen LogP contribution in [0.3, 0.4) is 0 Å². The van der Waals surface area contributed by atoms with E-state index in [-0.39, 0.29) is 17.9 Å². The van der Waals surface area contributed by atoms with Gasteiger partial charge in [-0.3, -0.25) is 14.5 Å². The smallest absolute Gasteiger partial charge is 0.262 e. The lowest BCUT2D eigenvalue weighted by Crippen LogP contribution is -2.60. The van der Waals surface area contributed by atoms with Crippen molar-refractivity contribution in [3.63, 3.8) is 0 Å². The fourth-order valence-electron chi connectivity index (χ4n) is 5.39. The molecule has 4 heterocycles. The van der Waals surface area contributed by atoms with Gasteiger partial charge in [-0.25, -0.2) is 0 Å². The van der Waals surface area contributed by atoms with Gasteiger partial charge in [0, 0.05) is 17.5 Å². The molecule has 0 aromatic heterocycles. The number of piperidine rings is 3. The molecule has 7 rings (SSSR count). The van der Waals surface area contributed by atoms with Crippen molar-refractivity contribution in [2.75, 3.05) is 19.6 Å². The number of nitrogens with zero attached hydrogens (tertiary/aromatic N) is 2. The molecular weight excluding hydrogens is 336 g/mol. The highest BCUT2D eigenvalue weighted by molar-refractivity contribution is 6.30. The Morgan fingerprint density at radius 3 is 2.41 bits per heavy atom. The molecule has 0 saturated carbocycles. The summed E-state index contributed by atoms with van der Waals surface area (Å²) in [5.74, 6) is 0.199. The van der Waals surface area contributed by atoms with Crippen LogP contribution in [0.1, 0.15) is 33.6 Å². The molecule has 2 amide bonds. The van der Waals surface area contributed by atoms with Gasteiger partial charge < -0.3 is 4.90 Å². The minimum absolute atomic E-state index is 0.00475. The molecule has 0 spiro atoms. The number of hydrogen-bond donors (Lipinski definition) is 0. The van der Waals surface area contributed by atoms with Gasteiger partial charge in [0.05, 0.1) is 11.6 Å². The van der Waals surface area contributed by atoms with E-state index in [4.69, 9.17) is 0 Å². The molecule has 1 atom stereocenters. The van der Waals surface area contributed by atoms with E-state index in [1.165, 1.54) is 0 Å². The number of hydrogen-bond acceptors (Lipinski definition) is 3. The largest absolute Gasteiger partial charge is 0.301 e. The number of imide groups is 1. The number of fused-ring (bicyclic) bond motifs is 5. The van der Waals surface area contributed by atoms with Gasteiger partial charge in [-0.15, -0.1) is 0 Å². The van der Waals surface area contributed by atoms with Crippen molar-refractivity contribution in [3.8, 4) is 0 Å². The molecular formula is C23H20N2O2. The predicted octanol–water partition coefficient (Wildman–Crippen LogP) is 3.68. The zero-order valence-electron chi connectivity index (χ0n) is 15.0. The molecule has 134 valence electrons. The Bertz CT molecular complexity index is 1130. The fraction of sp³-hybridized carbons (Fsp3) is 0.304. The number of benzene rings is 3. The van der Waals surface area contributed by atoms with Crippen molar-refractivity contribution in [1.29, 1.82) is 0 Å². The molecule has 3 aromatic rings. The lowest BCUT2D eigenvalue weighted by atomic mass is 9.81. The van der Waals surface area contributed by atoms with Gasteiger partial charge in [0.25, 0.3) is 11.8 Å². The van der Waals surface area contributed by atoms with Gasteiger partial charge in [0.2, 0.25) is 0 Å². The molecule has 1 unspecified atom stereocenters. The van der Waals surface area contributed by atoms with Crippen molar-refractivity contribution >= 4 is 33.4 Å². The molecule has 0 aliphatic carbocycles. The first-order valence-corrected chi connectivity index (χ1v) is 9.77. The maximum Gasteiger partial charge on any atom is 0.262 e. The maximum atomic E-state index is 13.7.